The van der Waals surface area contributed by atoms with E-state index < -0.39 is 21.9 Å². The predicted molar refractivity (Wildman–Crippen MR) is 60.4 cm³/mol. The van der Waals surface area contributed by atoms with Crippen molar-refractivity contribution < 1.29 is 22.2 Å². The van der Waals surface area contributed by atoms with Gasteiger partial charge in [-0.15, -0.1) is 3.89 Å². The number of carbonyl (C=O) groups excluding carboxylic acids is 1. The zero-order valence-electron chi connectivity index (χ0n) is 9.97. The molecule has 1 aliphatic heterocycles. The summed E-state index contributed by atoms with van der Waals surface area (Å²) in [5, 5.41) is 9.21. The monoisotopic (exact) mass is 267 g/mol. The topological polar surface area (TPSA) is 74.7 Å². The number of amides is 1. The van der Waals surface area contributed by atoms with Crippen molar-refractivity contribution in [1.29, 1.82) is 0 Å². The summed E-state index contributed by atoms with van der Waals surface area (Å²) in [7, 11) is -4.55. The van der Waals surface area contributed by atoms with E-state index in [0.29, 0.717) is 0 Å². The molecule has 0 saturated carbocycles. The summed E-state index contributed by atoms with van der Waals surface area (Å²) in [6.45, 7) is 3.77. The first-order valence-electron chi connectivity index (χ1n) is 5.57. The molecule has 0 radical (unpaired) electrons. The van der Waals surface area contributed by atoms with Crippen molar-refractivity contribution in [3.8, 4) is 0 Å². The van der Waals surface area contributed by atoms with Gasteiger partial charge in [0, 0.05) is 18.9 Å². The summed E-state index contributed by atoms with van der Waals surface area (Å²) in [4.78, 5) is 13.1. The first kappa shape index (κ1) is 14.4. The molecule has 7 heteroatoms. The summed E-state index contributed by atoms with van der Waals surface area (Å²) in [5.74, 6) is -1.27. The molecular formula is C10H18FNO4S. The average molecular weight is 267 g/mol. The van der Waals surface area contributed by atoms with E-state index in [1.54, 1.807) is 0 Å². The highest BCUT2D eigenvalue weighted by atomic mass is 32.3. The molecule has 0 aliphatic carbocycles. The molecule has 1 N–H and O–H groups in total. The lowest BCUT2D eigenvalue weighted by Crippen LogP contribution is -2.42. The van der Waals surface area contributed by atoms with Gasteiger partial charge in [-0.25, -0.2) is 0 Å². The van der Waals surface area contributed by atoms with Crippen LogP contribution in [-0.4, -0.2) is 49.3 Å². The van der Waals surface area contributed by atoms with E-state index in [2.05, 4.69) is 0 Å². The third-order valence-corrected chi connectivity index (χ3v) is 3.90. The van der Waals surface area contributed by atoms with Crippen LogP contribution in [0, 0.1) is 11.8 Å². The maximum Gasteiger partial charge on any atom is 0.302 e. The van der Waals surface area contributed by atoms with Gasteiger partial charge >= 0.3 is 10.2 Å². The summed E-state index contributed by atoms with van der Waals surface area (Å²) in [6, 6.07) is -0.324. The van der Waals surface area contributed by atoms with Crippen LogP contribution in [0.3, 0.4) is 0 Å². The molecule has 1 unspecified atom stereocenters. The van der Waals surface area contributed by atoms with Crippen LogP contribution in [0.5, 0.6) is 0 Å². The van der Waals surface area contributed by atoms with E-state index in [0.717, 1.165) is 0 Å². The Balaban J connectivity index is 2.70. The van der Waals surface area contributed by atoms with Gasteiger partial charge in [-0.3, -0.25) is 4.79 Å². The zero-order chi connectivity index (χ0) is 13.2. The molecule has 1 amide bonds. The van der Waals surface area contributed by atoms with Crippen molar-refractivity contribution in [2.75, 3.05) is 18.9 Å². The van der Waals surface area contributed by atoms with Crippen LogP contribution in [-0.2, 0) is 15.0 Å². The summed E-state index contributed by atoms with van der Waals surface area (Å²) < 4.78 is 33.6. The van der Waals surface area contributed by atoms with Gasteiger partial charge in [-0.05, 0) is 5.92 Å². The Kier molecular flexibility index (Phi) is 4.48. The molecule has 0 aromatic rings. The third kappa shape index (κ3) is 3.92. The summed E-state index contributed by atoms with van der Waals surface area (Å²) in [5.41, 5.74) is 0. The van der Waals surface area contributed by atoms with Gasteiger partial charge < -0.3 is 10.0 Å². The van der Waals surface area contributed by atoms with Crippen LogP contribution >= 0.6 is 0 Å². The maximum absolute atomic E-state index is 12.5. The van der Waals surface area contributed by atoms with E-state index in [9.17, 15) is 22.2 Å². The lowest BCUT2D eigenvalue weighted by atomic mass is 10.0. The Labute approximate surface area is 101 Å². The van der Waals surface area contributed by atoms with Crippen molar-refractivity contribution in [3.05, 3.63) is 0 Å². The molecule has 17 heavy (non-hydrogen) atoms. The fourth-order valence-corrected chi connectivity index (χ4v) is 2.98. The number of nitrogens with zero attached hydrogens (tertiary/aromatic N) is 1. The van der Waals surface area contributed by atoms with Gasteiger partial charge in [-0.2, -0.15) is 8.42 Å². The van der Waals surface area contributed by atoms with Crippen molar-refractivity contribution in [2.24, 2.45) is 11.8 Å². The Morgan fingerprint density at radius 1 is 1.53 bits per heavy atom. The molecule has 1 saturated heterocycles. The minimum Gasteiger partial charge on any atom is -0.394 e. The molecule has 0 aromatic heterocycles. The molecule has 0 aromatic carbocycles. The van der Waals surface area contributed by atoms with Crippen LogP contribution in [0.2, 0.25) is 0 Å². The number of hydrogen-bond acceptors (Lipinski definition) is 4. The van der Waals surface area contributed by atoms with Crippen molar-refractivity contribution >= 4 is 16.1 Å². The number of halogens is 1. The minimum atomic E-state index is -4.55. The second-order valence-electron chi connectivity index (χ2n) is 4.82. The molecule has 1 aliphatic rings. The predicted octanol–water partition coefficient (Wildman–Crippen LogP) is 0.151. The average Bonchev–Trinajstić information content (AvgIpc) is 2.44. The Morgan fingerprint density at radius 3 is 2.53 bits per heavy atom. The second-order valence-corrected chi connectivity index (χ2v) is 6.23. The van der Waals surface area contributed by atoms with Crippen LogP contribution in [0.25, 0.3) is 0 Å². The first-order chi connectivity index (χ1) is 7.74. The SMILES string of the molecule is CC(C)[C@@H](CO)N1CC(CS(=O)(=O)F)CC1=O. The fourth-order valence-electron chi connectivity index (χ4n) is 2.19. The molecule has 1 heterocycles. The fraction of sp³-hybridized carbons (Fsp3) is 0.900. The van der Waals surface area contributed by atoms with E-state index >= 15 is 0 Å². The van der Waals surface area contributed by atoms with Crippen LogP contribution in [0.1, 0.15) is 20.3 Å². The molecule has 100 valence electrons. The van der Waals surface area contributed by atoms with E-state index in [1.807, 2.05) is 13.8 Å². The number of aliphatic hydroxyl groups is 1. The summed E-state index contributed by atoms with van der Waals surface area (Å²) >= 11 is 0. The normalized spacial score (nSPS) is 23.5. The second kappa shape index (κ2) is 5.30. The van der Waals surface area contributed by atoms with Crippen molar-refractivity contribution in [2.45, 2.75) is 26.3 Å². The van der Waals surface area contributed by atoms with E-state index in [1.165, 1.54) is 4.90 Å². The Bertz CT molecular complexity index is 382. The molecule has 1 fully saturated rings. The molecule has 5 nitrogen and oxygen atoms in total. The van der Waals surface area contributed by atoms with Crippen molar-refractivity contribution in [3.63, 3.8) is 0 Å². The first-order valence-corrected chi connectivity index (χ1v) is 7.12. The van der Waals surface area contributed by atoms with Gasteiger partial charge in [0.05, 0.1) is 18.4 Å². The minimum absolute atomic E-state index is 0.0341. The molecule has 0 spiro atoms. The maximum atomic E-state index is 12.5. The number of rotatable bonds is 5. The zero-order valence-corrected chi connectivity index (χ0v) is 10.8. The lowest BCUT2D eigenvalue weighted by Gasteiger charge is -2.29. The standard InChI is InChI=1S/C10H18FNO4S/c1-7(2)9(5-13)12-4-8(3-10(12)14)6-17(11,15)16/h7-9,13H,3-6H2,1-2H3/t8?,9-/m1/s1. The number of hydrogen-bond donors (Lipinski definition) is 1. The highest BCUT2D eigenvalue weighted by Gasteiger charge is 2.37. The molecule has 2 atom stereocenters. The number of carbonyl (C=O) groups is 1. The number of likely N-dealkylation sites (tertiary alicyclic amines) is 1. The Morgan fingerprint density at radius 2 is 2.12 bits per heavy atom. The molecule has 0 bridgehead atoms. The van der Waals surface area contributed by atoms with Gasteiger partial charge in [0.1, 0.15) is 0 Å². The van der Waals surface area contributed by atoms with Crippen LogP contribution in [0.4, 0.5) is 3.89 Å². The smallest absolute Gasteiger partial charge is 0.302 e. The van der Waals surface area contributed by atoms with Gasteiger partial charge in [0.15, 0.2) is 0 Å². The molecule has 1 rings (SSSR count). The third-order valence-electron chi connectivity index (χ3n) is 3.03. The van der Waals surface area contributed by atoms with Crippen LogP contribution < -0.4 is 0 Å². The summed E-state index contributed by atoms with van der Waals surface area (Å²) in [6.07, 6.45) is 0.0341. The van der Waals surface area contributed by atoms with Crippen molar-refractivity contribution in [1.82, 2.24) is 4.90 Å². The largest absolute Gasteiger partial charge is 0.394 e. The highest BCUT2D eigenvalue weighted by Crippen LogP contribution is 2.24. The van der Waals surface area contributed by atoms with Gasteiger partial charge in [-0.1, -0.05) is 13.8 Å². The van der Waals surface area contributed by atoms with Gasteiger partial charge in [0.2, 0.25) is 5.91 Å². The van der Waals surface area contributed by atoms with Gasteiger partial charge in [0.25, 0.3) is 0 Å². The highest BCUT2D eigenvalue weighted by molar-refractivity contribution is 7.86. The Hall–Kier alpha value is -0.690. The molecular weight excluding hydrogens is 249 g/mol. The van der Waals surface area contributed by atoms with E-state index in [-0.39, 0.29) is 37.4 Å². The van der Waals surface area contributed by atoms with Crippen LogP contribution in [0.15, 0.2) is 0 Å². The quantitative estimate of drug-likeness (QED) is 0.720. The lowest BCUT2D eigenvalue weighted by molar-refractivity contribution is -0.131. The number of aliphatic hydroxyl groups excluding tert-OH is 1. The van der Waals surface area contributed by atoms with E-state index in [4.69, 9.17) is 0 Å².